The minimum Gasteiger partial charge on any atom is -0.370 e. The lowest BCUT2D eigenvalue weighted by Gasteiger charge is -2.09. The lowest BCUT2D eigenvalue weighted by molar-refractivity contribution is 0.952. The molecule has 4 nitrogen and oxygen atoms in total. The summed E-state index contributed by atoms with van der Waals surface area (Å²) < 4.78 is 1.14. The second-order valence-corrected chi connectivity index (χ2v) is 6.33. The van der Waals surface area contributed by atoms with Crippen LogP contribution in [0.1, 0.15) is 11.8 Å². The Bertz CT molecular complexity index is 544. The summed E-state index contributed by atoms with van der Waals surface area (Å²) in [6, 6.07) is 3.99. The number of halogens is 1. The van der Waals surface area contributed by atoms with Crippen LogP contribution in [0.2, 0.25) is 0 Å². The van der Waals surface area contributed by atoms with Gasteiger partial charge in [0.15, 0.2) is 5.16 Å². The molecule has 0 bridgehead atoms. The van der Waals surface area contributed by atoms with Crippen molar-refractivity contribution < 1.29 is 0 Å². The SMILES string of the molecule is CCNc1cc(NCc2sccc2Br)nc(SC)n1. The van der Waals surface area contributed by atoms with Crippen molar-refractivity contribution in [2.75, 3.05) is 23.4 Å². The van der Waals surface area contributed by atoms with Crippen LogP contribution < -0.4 is 10.6 Å². The van der Waals surface area contributed by atoms with E-state index >= 15 is 0 Å². The highest BCUT2D eigenvalue weighted by molar-refractivity contribution is 9.10. The Morgan fingerprint density at radius 2 is 2.05 bits per heavy atom. The molecule has 0 aliphatic rings. The smallest absolute Gasteiger partial charge is 0.191 e. The molecule has 102 valence electrons. The zero-order chi connectivity index (χ0) is 13.7. The number of nitrogens with one attached hydrogen (secondary N) is 2. The summed E-state index contributed by atoms with van der Waals surface area (Å²) in [7, 11) is 0. The normalized spacial score (nSPS) is 10.5. The number of rotatable bonds is 6. The Balaban J connectivity index is 2.10. The maximum absolute atomic E-state index is 4.45. The molecule has 0 fully saturated rings. The monoisotopic (exact) mass is 358 g/mol. The molecule has 0 unspecified atom stereocenters. The van der Waals surface area contributed by atoms with Crippen LogP contribution in [0.5, 0.6) is 0 Å². The van der Waals surface area contributed by atoms with E-state index in [1.165, 1.54) is 4.88 Å². The molecule has 0 saturated heterocycles. The van der Waals surface area contributed by atoms with Gasteiger partial charge in [-0.3, -0.25) is 0 Å². The number of anilines is 2. The topological polar surface area (TPSA) is 49.8 Å². The van der Waals surface area contributed by atoms with E-state index in [4.69, 9.17) is 0 Å². The van der Waals surface area contributed by atoms with Crippen LogP contribution in [0.3, 0.4) is 0 Å². The summed E-state index contributed by atoms with van der Waals surface area (Å²) in [4.78, 5) is 10.1. The standard InChI is InChI=1S/C12H15BrN4S2/c1-3-14-10-6-11(17-12(16-10)18-2)15-7-9-8(13)4-5-19-9/h4-6H,3,7H2,1-2H3,(H2,14,15,16,17). The van der Waals surface area contributed by atoms with Crippen molar-refractivity contribution in [3.05, 3.63) is 26.9 Å². The lowest BCUT2D eigenvalue weighted by atomic mass is 10.4. The highest BCUT2D eigenvalue weighted by Crippen LogP contribution is 2.24. The molecular weight excluding hydrogens is 344 g/mol. The molecule has 2 aromatic heterocycles. The Morgan fingerprint density at radius 1 is 1.32 bits per heavy atom. The number of nitrogens with zero attached hydrogens (tertiary/aromatic N) is 2. The van der Waals surface area contributed by atoms with E-state index in [0.29, 0.717) is 0 Å². The number of hydrogen-bond acceptors (Lipinski definition) is 6. The Kier molecular flexibility index (Phi) is 5.47. The van der Waals surface area contributed by atoms with Crippen molar-refractivity contribution >= 4 is 50.7 Å². The number of thioether (sulfide) groups is 1. The van der Waals surface area contributed by atoms with Crippen LogP contribution in [0.25, 0.3) is 0 Å². The first-order valence-corrected chi connectivity index (χ1v) is 8.75. The maximum Gasteiger partial charge on any atom is 0.191 e. The molecule has 2 rings (SSSR count). The van der Waals surface area contributed by atoms with Crippen LogP contribution in [0.4, 0.5) is 11.6 Å². The van der Waals surface area contributed by atoms with Gasteiger partial charge in [-0.05, 0) is 40.6 Å². The van der Waals surface area contributed by atoms with Crippen LogP contribution in [-0.4, -0.2) is 22.8 Å². The zero-order valence-corrected chi connectivity index (χ0v) is 14.0. The van der Waals surface area contributed by atoms with Crippen LogP contribution in [0, 0.1) is 0 Å². The maximum atomic E-state index is 4.45. The summed E-state index contributed by atoms with van der Waals surface area (Å²) in [5, 5.41) is 9.39. The summed E-state index contributed by atoms with van der Waals surface area (Å²) >= 11 is 6.79. The van der Waals surface area contributed by atoms with E-state index in [2.05, 4.69) is 54.9 Å². The van der Waals surface area contributed by atoms with Crippen LogP contribution >= 0.6 is 39.0 Å². The molecule has 0 spiro atoms. The van der Waals surface area contributed by atoms with Gasteiger partial charge in [-0.15, -0.1) is 11.3 Å². The quantitative estimate of drug-likeness (QED) is 0.602. The fourth-order valence-corrected chi connectivity index (χ4v) is 3.31. The molecule has 19 heavy (non-hydrogen) atoms. The van der Waals surface area contributed by atoms with Gasteiger partial charge >= 0.3 is 0 Å². The molecule has 2 heterocycles. The predicted molar refractivity (Wildman–Crippen MR) is 87.3 cm³/mol. The van der Waals surface area contributed by atoms with E-state index in [-0.39, 0.29) is 0 Å². The third-order valence-electron chi connectivity index (χ3n) is 2.37. The molecule has 2 aromatic rings. The van der Waals surface area contributed by atoms with Crippen molar-refractivity contribution in [1.82, 2.24) is 9.97 Å². The summed E-state index contributed by atoms with van der Waals surface area (Å²) in [6.07, 6.45) is 1.98. The molecule has 0 aliphatic heterocycles. The van der Waals surface area contributed by atoms with Crippen molar-refractivity contribution in [2.24, 2.45) is 0 Å². The fraction of sp³-hybridized carbons (Fsp3) is 0.333. The van der Waals surface area contributed by atoms with Gasteiger partial charge in [-0.1, -0.05) is 11.8 Å². The van der Waals surface area contributed by atoms with Gasteiger partial charge in [0, 0.05) is 22.0 Å². The molecule has 0 aliphatic carbocycles. The average Bonchev–Trinajstić information content (AvgIpc) is 2.82. The van der Waals surface area contributed by atoms with Crippen molar-refractivity contribution in [2.45, 2.75) is 18.6 Å². The molecular formula is C12H15BrN4S2. The lowest BCUT2D eigenvalue weighted by Crippen LogP contribution is -2.05. The van der Waals surface area contributed by atoms with Crippen LogP contribution in [0.15, 0.2) is 27.1 Å². The molecule has 7 heteroatoms. The number of aromatic nitrogens is 2. The van der Waals surface area contributed by atoms with Gasteiger partial charge in [0.1, 0.15) is 11.6 Å². The first-order valence-electron chi connectivity index (χ1n) is 5.85. The molecule has 0 radical (unpaired) electrons. The van der Waals surface area contributed by atoms with E-state index in [9.17, 15) is 0 Å². The fourth-order valence-electron chi connectivity index (χ4n) is 1.50. The number of thiophene rings is 1. The molecule has 2 N–H and O–H groups in total. The van der Waals surface area contributed by atoms with Crippen molar-refractivity contribution in [3.8, 4) is 0 Å². The predicted octanol–water partition coefficient (Wildman–Crippen LogP) is 4.07. The largest absolute Gasteiger partial charge is 0.370 e. The van der Waals surface area contributed by atoms with Gasteiger partial charge in [0.2, 0.25) is 0 Å². The van der Waals surface area contributed by atoms with Gasteiger partial charge in [-0.2, -0.15) is 0 Å². The molecule has 0 atom stereocenters. The van der Waals surface area contributed by atoms with Crippen molar-refractivity contribution in [1.29, 1.82) is 0 Å². The molecule has 0 aromatic carbocycles. The Hall–Kier alpha value is -0.790. The third kappa shape index (κ3) is 4.09. The van der Waals surface area contributed by atoms with Gasteiger partial charge in [-0.25, -0.2) is 9.97 Å². The second-order valence-electron chi connectivity index (χ2n) is 3.70. The first-order chi connectivity index (χ1) is 9.22. The summed E-state index contributed by atoms with van der Waals surface area (Å²) in [5.41, 5.74) is 0. The van der Waals surface area contributed by atoms with E-state index in [0.717, 1.165) is 34.4 Å². The second kappa shape index (κ2) is 7.12. The minimum atomic E-state index is 0.759. The van der Waals surface area contributed by atoms with Gasteiger partial charge < -0.3 is 10.6 Å². The minimum absolute atomic E-state index is 0.759. The van der Waals surface area contributed by atoms with Gasteiger partial charge in [0.05, 0.1) is 6.54 Å². The number of hydrogen-bond donors (Lipinski definition) is 2. The highest BCUT2D eigenvalue weighted by atomic mass is 79.9. The Labute approximate surface area is 129 Å². The summed E-state index contributed by atoms with van der Waals surface area (Å²) in [6.45, 7) is 3.66. The van der Waals surface area contributed by atoms with E-state index in [1.807, 2.05) is 12.3 Å². The highest BCUT2D eigenvalue weighted by Gasteiger charge is 2.05. The van der Waals surface area contributed by atoms with Crippen molar-refractivity contribution in [3.63, 3.8) is 0 Å². The molecule has 0 amide bonds. The zero-order valence-electron chi connectivity index (χ0n) is 10.7. The van der Waals surface area contributed by atoms with E-state index in [1.54, 1.807) is 23.1 Å². The Morgan fingerprint density at radius 3 is 2.63 bits per heavy atom. The van der Waals surface area contributed by atoms with Gasteiger partial charge in [0.25, 0.3) is 0 Å². The summed E-state index contributed by atoms with van der Waals surface area (Å²) in [5.74, 6) is 1.70. The van der Waals surface area contributed by atoms with Crippen LogP contribution in [-0.2, 0) is 6.54 Å². The first kappa shape index (κ1) is 14.6. The average molecular weight is 359 g/mol. The third-order valence-corrected chi connectivity index (χ3v) is 4.84. The van der Waals surface area contributed by atoms with E-state index < -0.39 is 0 Å². The molecule has 0 saturated carbocycles.